The number of carbonyl (C=O) groups is 1. The highest BCUT2D eigenvalue weighted by Gasteiger charge is 2.46. The molecular weight excluding hydrogens is 218 g/mol. The van der Waals surface area contributed by atoms with Crippen LogP contribution in [0.5, 0.6) is 0 Å². The molecule has 2 unspecified atom stereocenters. The molecule has 1 N–H and O–H groups in total. The molecule has 2 rings (SSSR count). The van der Waals surface area contributed by atoms with Crippen molar-refractivity contribution in [2.45, 2.75) is 19.3 Å². The van der Waals surface area contributed by atoms with E-state index in [4.69, 9.17) is 4.74 Å². The number of carbonyl (C=O) groups excluding carboxylic acids is 1. The SMILES string of the molecule is CCOC(=O)C1CNCC1(C)c1cnccn1. The van der Waals surface area contributed by atoms with Crippen LogP contribution in [0.25, 0.3) is 0 Å². The number of nitrogens with zero attached hydrogens (tertiary/aromatic N) is 2. The quantitative estimate of drug-likeness (QED) is 0.774. The molecule has 5 nitrogen and oxygen atoms in total. The Bertz CT molecular complexity index is 396. The van der Waals surface area contributed by atoms with E-state index in [1.54, 1.807) is 18.6 Å². The maximum Gasteiger partial charge on any atom is 0.311 e. The van der Waals surface area contributed by atoms with E-state index in [1.807, 2.05) is 13.8 Å². The molecule has 2 atom stereocenters. The Balaban J connectivity index is 2.26. The van der Waals surface area contributed by atoms with E-state index in [9.17, 15) is 4.79 Å². The van der Waals surface area contributed by atoms with Crippen LogP contribution in [0.2, 0.25) is 0 Å². The van der Waals surface area contributed by atoms with Crippen LogP contribution in [0.15, 0.2) is 18.6 Å². The summed E-state index contributed by atoms with van der Waals surface area (Å²) in [5.41, 5.74) is 0.503. The molecule has 0 spiro atoms. The Morgan fingerprint density at radius 1 is 1.65 bits per heavy atom. The lowest BCUT2D eigenvalue weighted by Gasteiger charge is -2.27. The Hall–Kier alpha value is -1.49. The van der Waals surface area contributed by atoms with Gasteiger partial charge in [0.1, 0.15) is 0 Å². The zero-order valence-electron chi connectivity index (χ0n) is 10.1. The Morgan fingerprint density at radius 2 is 2.47 bits per heavy atom. The van der Waals surface area contributed by atoms with Gasteiger partial charge in [-0.2, -0.15) is 0 Å². The second kappa shape index (κ2) is 4.79. The van der Waals surface area contributed by atoms with Gasteiger partial charge in [0.25, 0.3) is 0 Å². The van der Waals surface area contributed by atoms with Crippen molar-refractivity contribution in [3.8, 4) is 0 Å². The van der Waals surface area contributed by atoms with Crippen molar-refractivity contribution in [2.75, 3.05) is 19.7 Å². The van der Waals surface area contributed by atoms with Gasteiger partial charge in [-0.1, -0.05) is 6.92 Å². The standard InChI is InChI=1S/C12H17N3O2/c1-3-17-11(16)9-6-14-8-12(9,2)10-7-13-4-5-15-10/h4-5,7,9,14H,3,6,8H2,1-2H3. The molecule has 0 saturated carbocycles. The van der Waals surface area contributed by atoms with Crippen molar-refractivity contribution in [1.29, 1.82) is 0 Å². The van der Waals surface area contributed by atoms with E-state index in [0.29, 0.717) is 13.2 Å². The number of ether oxygens (including phenoxy) is 1. The molecule has 2 heterocycles. The molecule has 0 aromatic carbocycles. The third kappa shape index (κ3) is 2.15. The summed E-state index contributed by atoms with van der Waals surface area (Å²) in [7, 11) is 0. The Labute approximate surface area is 101 Å². The molecule has 1 aromatic rings. The maximum absolute atomic E-state index is 11.9. The van der Waals surface area contributed by atoms with Gasteiger partial charge in [-0.3, -0.25) is 14.8 Å². The summed E-state index contributed by atoms with van der Waals surface area (Å²) in [6, 6.07) is 0. The summed E-state index contributed by atoms with van der Waals surface area (Å²) in [6.45, 7) is 5.60. The van der Waals surface area contributed by atoms with Crippen LogP contribution in [-0.4, -0.2) is 35.6 Å². The van der Waals surface area contributed by atoms with Crippen molar-refractivity contribution in [3.05, 3.63) is 24.3 Å². The first-order chi connectivity index (χ1) is 8.18. The van der Waals surface area contributed by atoms with Crippen molar-refractivity contribution in [2.24, 2.45) is 5.92 Å². The second-order valence-electron chi connectivity index (χ2n) is 4.44. The van der Waals surface area contributed by atoms with Crippen molar-refractivity contribution in [1.82, 2.24) is 15.3 Å². The van der Waals surface area contributed by atoms with Crippen molar-refractivity contribution in [3.63, 3.8) is 0 Å². The summed E-state index contributed by atoms with van der Waals surface area (Å²) in [5, 5.41) is 3.23. The minimum Gasteiger partial charge on any atom is -0.466 e. The van der Waals surface area contributed by atoms with Crippen molar-refractivity contribution < 1.29 is 9.53 Å². The topological polar surface area (TPSA) is 64.1 Å². The molecule has 1 fully saturated rings. The van der Waals surface area contributed by atoms with Crippen LogP contribution < -0.4 is 5.32 Å². The third-order valence-corrected chi connectivity index (χ3v) is 3.33. The lowest BCUT2D eigenvalue weighted by Crippen LogP contribution is -2.38. The lowest BCUT2D eigenvalue weighted by molar-refractivity contribution is -0.149. The number of rotatable bonds is 3. The minimum absolute atomic E-state index is 0.161. The first kappa shape index (κ1) is 12.0. The fourth-order valence-corrected chi connectivity index (χ4v) is 2.27. The summed E-state index contributed by atoms with van der Waals surface area (Å²) < 4.78 is 5.12. The molecule has 1 aliphatic rings. The first-order valence-corrected chi connectivity index (χ1v) is 5.82. The van der Waals surface area contributed by atoms with Gasteiger partial charge in [-0.05, 0) is 6.92 Å². The largest absolute Gasteiger partial charge is 0.466 e. The highest BCUT2D eigenvalue weighted by atomic mass is 16.5. The number of hydrogen-bond donors (Lipinski definition) is 1. The fraction of sp³-hybridized carbons (Fsp3) is 0.583. The van der Waals surface area contributed by atoms with Gasteiger partial charge in [0, 0.05) is 37.1 Å². The number of esters is 1. The molecule has 0 amide bonds. The average molecular weight is 235 g/mol. The second-order valence-corrected chi connectivity index (χ2v) is 4.44. The number of aromatic nitrogens is 2. The van der Waals surface area contributed by atoms with Gasteiger partial charge in [0.05, 0.1) is 18.2 Å². The molecule has 1 aliphatic heterocycles. The monoisotopic (exact) mass is 235 g/mol. The molecule has 1 saturated heterocycles. The molecule has 92 valence electrons. The van der Waals surface area contributed by atoms with Crippen molar-refractivity contribution >= 4 is 5.97 Å². The average Bonchev–Trinajstić information content (AvgIpc) is 2.74. The van der Waals surface area contributed by atoms with Gasteiger partial charge in [0.2, 0.25) is 0 Å². The van der Waals surface area contributed by atoms with Gasteiger partial charge in [-0.25, -0.2) is 0 Å². The highest BCUT2D eigenvalue weighted by molar-refractivity contribution is 5.75. The van der Waals surface area contributed by atoms with E-state index in [1.165, 1.54) is 0 Å². The lowest BCUT2D eigenvalue weighted by atomic mass is 9.77. The number of nitrogens with one attached hydrogen (secondary N) is 1. The van der Waals surface area contributed by atoms with E-state index >= 15 is 0 Å². The summed E-state index contributed by atoms with van der Waals surface area (Å²) >= 11 is 0. The van der Waals surface area contributed by atoms with E-state index in [2.05, 4.69) is 15.3 Å². The van der Waals surface area contributed by atoms with Crippen LogP contribution in [0.1, 0.15) is 19.5 Å². The van der Waals surface area contributed by atoms with Gasteiger partial charge < -0.3 is 10.1 Å². The predicted molar refractivity (Wildman–Crippen MR) is 62.4 cm³/mol. The van der Waals surface area contributed by atoms with E-state index in [0.717, 1.165) is 12.2 Å². The third-order valence-electron chi connectivity index (χ3n) is 3.33. The van der Waals surface area contributed by atoms with Crippen LogP contribution >= 0.6 is 0 Å². The summed E-state index contributed by atoms with van der Waals surface area (Å²) in [4.78, 5) is 20.3. The zero-order valence-corrected chi connectivity index (χ0v) is 10.1. The predicted octanol–water partition coefficient (Wildman–Crippen LogP) is 0.517. The maximum atomic E-state index is 11.9. The van der Waals surface area contributed by atoms with Crippen LogP contribution in [-0.2, 0) is 14.9 Å². The summed E-state index contributed by atoms with van der Waals surface area (Å²) in [5.74, 6) is -0.357. The van der Waals surface area contributed by atoms with Crippen LogP contribution in [0, 0.1) is 5.92 Å². The molecule has 5 heteroatoms. The minimum atomic E-state index is -0.333. The van der Waals surface area contributed by atoms with Gasteiger partial charge in [0.15, 0.2) is 0 Å². The Morgan fingerprint density at radius 3 is 3.12 bits per heavy atom. The first-order valence-electron chi connectivity index (χ1n) is 5.82. The zero-order chi connectivity index (χ0) is 12.3. The van der Waals surface area contributed by atoms with E-state index < -0.39 is 0 Å². The molecular formula is C12H17N3O2. The normalized spacial score (nSPS) is 28.0. The van der Waals surface area contributed by atoms with Crippen LogP contribution in [0.4, 0.5) is 0 Å². The van der Waals surface area contributed by atoms with Gasteiger partial charge >= 0.3 is 5.97 Å². The molecule has 0 aliphatic carbocycles. The summed E-state index contributed by atoms with van der Waals surface area (Å²) in [6.07, 6.45) is 5.01. The molecule has 17 heavy (non-hydrogen) atoms. The number of hydrogen-bond acceptors (Lipinski definition) is 5. The molecule has 0 bridgehead atoms. The smallest absolute Gasteiger partial charge is 0.311 e. The fourth-order valence-electron chi connectivity index (χ4n) is 2.27. The van der Waals surface area contributed by atoms with E-state index in [-0.39, 0.29) is 17.3 Å². The van der Waals surface area contributed by atoms with Crippen LogP contribution in [0.3, 0.4) is 0 Å². The highest BCUT2D eigenvalue weighted by Crippen LogP contribution is 2.34. The molecule has 0 radical (unpaired) electrons. The Kier molecular flexibility index (Phi) is 3.38. The van der Waals surface area contributed by atoms with Gasteiger partial charge in [-0.15, -0.1) is 0 Å². The molecule has 1 aromatic heterocycles.